The number of carbonyl (C=O) groups excluding carboxylic acids is 1. The largest absolute Gasteiger partial charge is 0.454 e. The molecule has 0 unspecified atom stereocenters. The molecule has 0 aliphatic carbocycles. The lowest BCUT2D eigenvalue weighted by Crippen LogP contribution is -2.14. The summed E-state index contributed by atoms with van der Waals surface area (Å²) in [6.07, 6.45) is 0. The number of carbonyl (C=O) groups is 1. The zero-order valence-corrected chi connectivity index (χ0v) is 18.2. The van der Waals surface area contributed by atoms with Gasteiger partial charge in [0.2, 0.25) is 6.79 Å². The first kappa shape index (κ1) is 22.2. The predicted octanol–water partition coefficient (Wildman–Crippen LogP) is 4.59. The summed E-state index contributed by atoms with van der Waals surface area (Å²) in [6, 6.07) is 11.9. The van der Waals surface area contributed by atoms with Crippen molar-refractivity contribution in [2.75, 3.05) is 6.79 Å². The summed E-state index contributed by atoms with van der Waals surface area (Å²) in [5.41, 5.74) is 3.70. The molecule has 1 aromatic carbocycles. The second kappa shape index (κ2) is 8.95. The molecular weight excluding hydrogens is 366 g/mol. The molecule has 1 aromatic heterocycles. The molecule has 0 saturated carbocycles. The van der Waals surface area contributed by atoms with Crippen LogP contribution in [0.15, 0.2) is 30.3 Å². The van der Waals surface area contributed by atoms with Crippen molar-refractivity contribution in [3.8, 4) is 6.07 Å². The van der Waals surface area contributed by atoms with Gasteiger partial charge in [-0.25, -0.2) is 0 Å². The molecule has 0 bridgehead atoms. The highest BCUT2D eigenvalue weighted by Crippen LogP contribution is 2.30. The zero-order chi connectivity index (χ0) is 21.8. The average molecular weight is 396 g/mol. The van der Waals surface area contributed by atoms with Crippen LogP contribution in [0.4, 0.5) is 0 Å². The van der Waals surface area contributed by atoms with Gasteiger partial charge in [0.05, 0.1) is 11.6 Å². The van der Waals surface area contributed by atoms with Gasteiger partial charge in [-0.1, -0.05) is 58.9 Å². The molecule has 0 saturated heterocycles. The number of benzene rings is 1. The summed E-state index contributed by atoms with van der Waals surface area (Å²) in [5.74, 6) is -0.292. The topological polar surface area (TPSA) is 77.1 Å². The van der Waals surface area contributed by atoms with Gasteiger partial charge in [-0.2, -0.15) is 10.4 Å². The van der Waals surface area contributed by atoms with Crippen molar-refractivity contribution in [1.82, 2.24) is 9.78 Å². The molecule has 154 valence electrons. The molecule has 0 aliphatic rings. The molecule has 0 atom stereocenters. The standard InChI is InChI=1S/C23H29N3O3/c1-15(2)22(27)29-14-28-21(20-12-16(3)25-26(20)7)19(13-24)17-8-10-18(11-9-17)23(4,5)6/h8-12,15H,14H2,1-7H3/b21-19-. The number of esters is 1. The minimum Gasteiger partial charge on any atom is -0.454 e. The summed E-state index contributed by atoms with van der Waals surface area (Å²) in [6.45, 7) is 11.5. The summed E-state index contributed by atoms with van der Waals surface area (Å²) >= 11 is 0. The van der Waals surface area contributed by atoms with Gasteiger partial charge in [-0.05, 0) is 29.5 Å². The van der Waals surface area contributed by atoms with Crippen molar-refractivity contribution >= 4 is 17.3 Å². The number of nitriles is 1. The lowest BCUT2D eigenvalue weighted by Gasteiger charge is -2.19. The number of hydrogen-bond donors (Lipinski definition) is 0. The van der Waals surface area contributed by atoms with Crippen LogP contribution in [-0.2, 0) is 26.7 Å². The molecule has 0 aliphatic heterocycles. The van der Waals surface area contributed by atoms with E-state index in [1.165, 1.54) is 5.56 Å². The number of hydrogen-bond acceptors (Lipinski definition) is 5. The predicted molar refractivity (Wildman–Crippen MR) is 112 cm³/mol. The Morgan fingerprint density at radius 3 is 2.28 bits per heavy atom. The Morgan fingerprint density at radius 2 is 1.83 bits per heavy atom. The van der Waals surface area contributed by atoms with E-state index in [0.717, 1.165) is 11.3 Å². The van der Waals surface area contributed by atoms with Gasteiger partial charge in [0.15, 0.2) is 5.76 Å². The highest BCUT2D eigenvalue weighted by atomic mass is 16.7. The first-order valence-corrected chi connectivity index (χ1v) is 9.60. The van der Waals surface area contributed by atoms with Crippen LogP contribution >= 0.6 is 0 Å². The van der Waals surface area contributed by atoms with Crippen LogP contribution in [0, 0.1) is 24.2 Å². The number of ether oxygens (including phenoxy) is 2. The summed E-state index contributed by atoms with van der Waals surface area (Å²) in [7, 11) is 1.78. The molecule has 6 heteroatoms. The van der Waals surface area contributed by atoms with Gasteiger partial charge < -0.3 is 9.47 Å². The third-order valence-corrected chi connectivity index (χ3v) is 4.49. The maximum Gasteiger partial charge on any atom is 0.311 e. The molecule has 0 fully saturated rings. The number of aromatic nitrogens is 2. The fourth-order valence-electron chi connectivity index (χ4n) is 2.79. The summed E-state index contributed by atoms with van der Waals surface area (Å²) in [4.78, 5) is 11.8. The Kier molecular flexibility index (Phi) is 6.86. The molecule has 29 heavy (non-hydrogen) atoms. The molecule has 2 aromatic rings. The Bertz CT molecular complexity index is 939. The van der Waals surface area contributed by atoms with Crippen LogP contribution in [-0.4, -0.2) is 22.5 Å². The van der Waals surface area contributed by atoms with Gasteiger partial charge in [-0.15, -0.1) is 0 Å². The maximum atomic E-state index is 11.8. The number of nitrogens with zero attached hydrogens (tertiary/aromatic N) is 3. The van der Waals surface area contributed by atoms with Crippen LogP contribution in [0.1, 0.15) is 57.1 Å². The van der Waals surface area contributed by atoms with E-state index in [-0.39, 0.29) is 24.1 Å². The van der Waals surface area contributed by atoms with Crippen molar-refractivity contribution < 1.29 is 14.3 Å². The minimum absolute atomic E-state index is 0.0125. The van der Waals surface area contributed by atoms with Gasteiger partial charge in [0.25, 0.3) is 0 Å². The highest BCUT2D eigenvalue weighted by Gasteiger charge is 2.20. The smallest absolute Gasteiger partial charge is 0.311 e. The van der Waals surface area contributed by atoms with E-state index in [0.29, 0.717) is 17.0 Å². The van der Waals surface area contributed by atoms with Crippen LogP contribution in [0.25, 0.3) is 11.3 Å². The lowest BCUT2D eigenvalue weighted by molar-refractivity contribution is -0.155. The second-order valence-electron chi connectivity index (χ2n) is 8.32. The van der Waals surface area contributed by atoms with E-state index in [9.17, 15) is 10.1 Å². The number of rotatable bonds is 6. The van der Waals surface area contributed by atoms with Gasteiger partial charge in [-0.3, -0.25) is 9.48 Å². The van der Waals surface area contributed by atoms with E-state index >= 15 is 0 Å². The first-order chi connectivity index (χ1) is 13.5. The molecule has 0 radical (unpaired) electrons. The van der Waals surface area contributed by atoms with Gasteiger partial charge in [0.1, 0.15) is 17.3 Å². The molecular formula is C23H29N3O3. The van der Waals surface area contributed by atoms with Crippen molar-refractivity contribution in [3.05, 3.63) is 52.8 Å². The lowest BCUT2D eigenvalue weighted by atomic mass is 9.86. The Hall–Kier alpha value is -3.07. The Morgan fingerprint density at radius 1 is 1.21 bits per heavy atom. The van der Waals surface area contributed by atoms with Crippen molar-refractivity contribution in [1.29, 1.82) is 5.26 Å². The molecule has 0 amide bonds. The fourth-order valence-corrected chi connectivity index (χ4v) is 2.79. The van der Waals surface area contributed by atoms with E-state index in [2.05, 4.69) is 31.9 Å². The molecule has 0 spiro atoms. The third kappa shape index (κ3) is 5.47. The summed E-state index contributed by atoms with van der Waals surface area (Å²) in [5, 5.41) is 14.3. The molecule has 1 heterocycles. The van der Waals surface area contributed by atoms with Crippen LogP contribution in [0.2, 0.25) is 0 Å². The third-order valence-electron chi connectivity index (χ3n) is 4.49. The van der Waals surface area contributed by atoms with Gasteiger partial charge in [0, 0.05) is 7.05 Å². The maximum absolute atomic E-state index is 11.8. The zero-order valence-electron chi connectivity index (χ0n) is 18.2. The van der Waals surface area contributed by atoms with Crippen molar-refractivity contribution in [2.24, 2.45) is 13.0 Å². The molecule has 2 rings (SSSR count). The monoisotopic (exact) mass is 395 g/mol. The normalized spacial score (nSPS) is 12.4. The first-order valence-electron chi connectivity index (χ1n) is 9.60. The van der Waals surface area contributed by atoms with Crippen LogP contribution in [0.3, 0.4) is 0 Å². The summed E-state index contributed by atoms with van der Waals surface area (Å²) < 4.78 is 12.6. The fraction of sp³-hybridized carbons (Fsp3) is 0.435. The SMILES string of the molecule is Cc1cc(/C(OCOC(=O)C(C)C)=C(\C#N)c2ccc(C(C)(C)C)cc2)n(C)n1. The average Bonchev–Trinajstić information content (AvgIpc) is 2.98. The van der Waals surface area contributed by atoms with E-state index < -0.39 is 0 Å². The Balaban J connectivity index is 2.48. The van der Waals surface area contributed by atoms with Crippen LogP contribution < -0.4 is 0 Å². The second-order valence-corrected chi connectivity index (χ2v) is 8.32. The van der Waals surface area contributed by atoms with Crippen molar-refractivity contribution in [2.45, 2.75) is 47.0 Å². The minimum atomic E-state index is -0.362. The Labute approximate surface area is 172 Å². The molecule has 0 N–H and O–H groups in total. The van der Waals surface area contributed by atoms with E-state index in [1.54, 1.807) is 25.6 Å². The number of allylic oxidation sites excluding steroid dienone is 1. The van der Waals surface area contributed by atoms with E-state index in [4.69, 9.17) is 9.47 Å². The number of aryl methyl sites for hydroxylation is 2. The van der Waals surface area contributed by atoms with Crippen LogP contribution in [0.5, 0.6) is 0 Å². The highest BCUT2D eigenvalue weighted by molar-refractivity contribution is 5.94. The molecule has 6 nitrogen and oxygen atoms in total. The van der Waals surface area contributed by atoms with Crippen molar-refractivity contribution in [3.63, 3.8) is 0 Å². The van der Waals surface area contributed by atoms with Gasteiger partial charge >= 0.3 is 5.97 Å². The van der Waals surface area contributed by atoms with E-state index in [1.807, 2.05) is 37.3 Å². The quantitative estimate of drug-likeness (QED) is 0.309.